The second kappa shape index (κ2) is 11.4. The minimum absolute atomic E-state index is 0.0106. The average Bonchev–Trinajstić information content (AvgIpc) is 3.55. The molecule has 0 bridgehead atoms. The number of hydrogen-bond donors (Lipinski definition) is 1. The predicted octanol–water partition coefficient (Wildman–Crippen LogP) is 5.18. The van der Waals surface area contributed by atoms with E-state index in [1.165, 1.54) is 10.9 Å². The lowest BCUT2D eigenvalue weighted by Crippen LogP contribution is -2.47. The number of H-pyrrole nitrogens is 1. The van der Waals surface area contributed by atoms with Crippen molar-refractivity contribution in [1.82, 2.24) is 14.8 Å². The van der Waals surface area contributed by atoms with E-state index in [2.05, 4.69) is 17.1 Å². The maximum absolute atomic E-state index is 13.6. The number of benzene rings is 2. The number of amides is 2. The van der Waals surface area contributed by atoms with Crippen LogP contribution in [0.2, 0.25) is 0 Å². The molecule has 1 aliphatic rings. The van der Waals surface area contributed by atoms with Crippen molar-refractivity contribution in [2.75, 3.05) is 20.2 Å². The summed E-state index contributed by atoms with van der Waals surface area (Å²) in [6.07, 6.45) is 6.85. The molecule has 1 N–H and O–H groups in total. The van der Waals surface area contributed by atoms with Gasteiger partial charge < -0.3 is 19.5 Å². The van der Waals surface area contributed by atoms with Crippen molar-refractivity contribution >= 4 is 22.7 Å². The zero-order chi connectivity index (χ0) is 24.8. The first-order valence-electron chi connectivity index (χ1n) is 12.7. The molecule has 1 saturated carbocycles. The summed E-state index contributed by atoms with van der Waals surface area (Å²) in [5.74, 6) is 0.970. The van der Waals surface area contributed by atoms with E-state index in [1.807, 2.05) is 61.3 Å². The number of para-hydroxylation sites is 1. The monoisotopic (exact) mass is 475 g/mol. The summed E-state index contributed by atoms with van der Waals surface area (Å²) in [4.78, 5) is 33.8. The van der Waals surface area contributed by atoms with Gasteiger partial charge in [0, 0.05) is 42.1 Å². The molecule has 6 heteroatoms. The summed E-state index contributed by atoms with van der Waals surface area (Å²) in [5.41, 5.74) is 3.33. The van der Waals surface area contributed by atoms with Crippen molar-refractivity contribution in [3.05, 3.63) is 65.9 Å². The van der Waals surface area contributed by atoms with E-state index >= 15 is 0 Å². The smallest absolute Gasteiger partial charge is 0.242 e. The molecule has 1 aliphatic carbocycles. The molecule has 2 amide bonds. The molecule has 3 aromatic rings. The molecular formula is C29H37N3O3. The lowest BCUT2D eigenvalue weighted by atomic mass is 10.1. The van der Waals surface area contributed by atoms with Crippen LogP contribution in [0.25, 0.3) is 10.9 Å². The van der Waals surface area contributed by atoms with Gasteiger partial charge in [-0.15, -0.1) is 0 Å². The molecule has 0 radical (unpaired) electrons. The Labute approximate surface area is 208 Å². The molecule has 6 nitrogen and oxygen atoms in total. The van der Waals surface area contributed by atoms with Crippen LogP contribution < -0.4 is 4.74 Å². The number of nitrogens with zero attached hydrogens (tertiary/aromatic N) is 2. The highest BCUT2D eigenvalue weighted by Crippen LogP contribution is 2.27. The molecule has 186 valence electrons. The zero-order valence-electron chi connectivity index (χ0n) is 21.1. The van der Waals surface area contributed by atoms with Crippen LogP contribution in [0.3, 0.4) is 0 Å². The van der Waals surface area contributed by atoms with Crippen LogP contribution in [-0.2, 0) is 22.6 Å². The molecule has 0 aliphatic heterocycles. The Hall–Kier alpha value is -3.28. The number of ether oxygens (including phenoxy) is 1. The second-order valence-corrected chi connectivity index (χ2v) is 9.81. The molecular weight excluding hydrogens is 438 g/mol. The Morgan fingerprint density at radius 1 is 1.06 bits per heavy atom. The van der Waals surface area contributed by atoms with E-state index in [0.717, 1.165) is 48.9 Å². The van der Waals surface area contributed by atoms with Gasteiger partial charge >= 0.3 is 0 Å². The fraction of sp³-hybridized carbons (Fsp3) is 0.448. The van der Waals surface area contributed by atoms with Gasteiger partial charge in [0.25, 0.3) is 0 Å². The number of hydrogen-bond acceptors (Lipinski definition) is 3. The van der Waals surface area contributed by atoms with Crippen molar-refractivity contribution in [1.29, 1.82) is 0 Å². The highest BCUT2D eigenvalue weighted by molar-refractivity contribution is 5.86. The number of nitrogens with one attached hydrogen (secondary N) is 1. The van der Waals surface area contributed by atoms with Gasteiger partial charge in [-0.25, -0.2) is 0 Å². The summed E-state index contributed by atoms with van der Waals surface area (Å²) < 4.78 is 5.28. The number of carbonyl (C=O) groups is 2. The lowest BCUT2D eigenvalue weighted by Gasteiger charge is -2.32. The van der Waals surface area contributed by atoms with Gasteiger partial charge in [-0.1, -0.05) is 43.2 Å². The quantitative estimate of drug-likeness (QED) is 0.440. The van der Waals surface area contributed by atoms with Crippen molar-refractivity contribution in [3.63, 3.8) is 0 Å². The Morgan fingerprint density at radius 2 is 1.77 bits per heavy atom. The predicted molar refractivity (Wildman–Crippen MR) is 139 cm³/mol. The Kier molecular flexibility index (Phi) is 8.11. The maximum Gasteiger partial charge on any atom is 0.242 e. The SMILES string of the molecule is COc1ccc(CN(CCc2c[nH]c3ccccc23)C(=O)CN(C(=O)C2CCCC2)C(C)C)cc1. The standard InChI is InChI=1S/C29H37N3O3/c1-21(2)32(29(34)23-8-4-5-9-23)20-28(33)31(19-22-12-14-25(35-3)15-13-22)17-16-24-18-30-27-11-7-6-10-26(24)27/h6-7,10-15,18,21,23,30H,4-5,8-9,16-17,19-20H2,1-3H3. The molecule has 1 heterocycles. The summed E-state index contributed by atoms with van der Waals surface area (Å²) in [5, 5.41) is 1.18. The Morgan fingerprint density at radius 3 is 2.46 bits per heavy atom. The fourth-order valence-electron chi connectivity index (χ4n) is 5.01. The normalized spacial score (nSPS) is 13.9. The maximum atomic E-state index is 13.6. The number of carbonyl (C=O) groups excluding carboxylic acids is 2. The second-order valence-electron chi connectivity index (χ2n) is 9.81. The van der Waals surface area contributed by atoms with E-state index in [9.17, 15) is 9.59 Å². The van der Waals surface area contributed by atoms with Gasteiger partial charge in [0.2, 0.25) is 11.8 Å². The number of aromatic nitrogens is 1. The van der Waals surface area contributed by atoms with E-state index in [0.29, 0.717) is 13.1 Å². The van der Waals surface area contributed by atoms with Crippen LogP contribution in [0.15, 0.2) is 54.7 Å². The average molecular weight is 476 g/mol. The summed E-state index contributed by atoms with van der Waals surface area (Å²) >= 11 is 0. The van der Waals surface area contributed by atoms with Crippen LogP contribution in [0, 0.1) is 5.92 Å². The zero-order valence-corrected chi connectivity index (χ0v) is 21.1. The number of methoxy groups -OCH3 is 1. The van der Waals surface area contributed by atoms with Gasteiger partial charge in [-0.05, 0) is 62.4 Å². The first kappa shape index (κ1) is 24.8. The molecule has 0 unspecified atom stereocenters. The fourth-order valence-corrected chi connectivity index (χ4v) is 5.01. The van der Waals surface area contributed by atoms with Crippen LogP contribution in [0.1, 0.15) is 50.7 Å². The molecule has 4 rings (SSSR count). The molecule has 2 aromatic carbocycles. The third kappa shape index (κ3) is 6.05. The van der Waals surface area contributed by atoms with Crippen LogP contribution in [0.5, 0.6) is 5.75 Å². The topological polar surface area (TPSA) is 65.6 Å². The number of fused-ring (bicyclic) bond motifs is 1. The molecule has 1 aromatic heterocycles. The molecule has 0 atom stereocenters. The van der Waals surface area contributed by atoms with Gasteiger partial charge in [0.1, 0.15) is 5.75 Å². The highest BCUT2D eigenvalue weighted by Gasteiger charge is 2.31. The number of aromatic amines is 1. The first-order chi connectivity index (χ1) is 17.0. The van der Waals surface area contributed by atoms with Gasteiger partial charge in [-0.3, -0.25) is 9.59 Å². The molecule has 1 fully saturated rings. The number of rotatable bonds is 10. The van der Waals surface area contributed by atoms with Crippen LogP contribution in [-0.4, -0.2) is 52.8 Å². The third-order valence-electron chi connectivity index (χ3n) is 7.13. The summed E-state index contributed by atoms with van der Waals surface area (Å²) in [6.45, 7) is 5.20. The van der Waals surface area contributed by atoms with E-state index < -0.39 is 0 Å². The van der Waals surface area contributed by atoms with Crippen LogP contribution >= 0.6 is 0 Å². The molecule has 0 saturated heterocycles. The first-order valence-corrected chi connectivity index (χ1v) is 12.7. The highest BCUT2D eigenvalue weighted by atomic mass is 16.5. The molecule has 35 heavy (non-hydrogen) atoms. The van der Waals surface area contributed by atoms with E-state index in [4.69, 9.17) is 4.74 Å². The minimum atomic E-state index is -0.0132. The third-order valence-corrected chi connectivity index (χ3v) is 7.13. The van der Waals surface area contributed by atoms with Crippen molar-refractivity contribution in [2.24, 2.45) is 5.92 Å². The minimum Gasteiger partial charge on any atom is -0.497 e. The van der Waals surface area contributed by atoms with Gasteiger partial charge in [0.15, 0.2) is 0 Å². The summed E-state index contributed by atoms with van der Waals surface area (Å²) in [7, 11) is 1.65. The van der Waals surface area contributed by atoms with E-state index in [-0.39, 0.29) is 30.3 Å². The summed E-state index contributed by atoms with van der Waals surface area (Å²) in [6, 6.07) is 16.0. The van der Waals surface area contributed by atoms with Gasteiger partial charge in [-0.2, -0.15) is 0 Å². The lowest BCUT2D eigenvalue weighted by molar-refractivity contribution is -0.144. The van der Waals surface area contributed by atoms with Crippen LogP contribution in [0.4, 0.5) is 0 Å². The largest absolute Gasteiger partial charge is 0.497 e. The Balaban J connectivity index is 1.51. The molecule has 0 spiro atoms. The van der Waals surface area contributed by atoms with E-state index in [1.54, 1.807) is 12.0 Å². The van der Waals surface area contributed by atoms with Crippen molar-refractivity contribution < 1.29 is 14.3 Å². The van der Waals surface area contributed by atoms with Crippen molar-refractivity contribution in [3.8, 4) is 5.75 Å². The Bertz CT molecular complexity index is 1130. The van der Waals surface area contributed by atoms with Gasteiger partial charge in [0.05, 0.1) is 13.7 Å². The van der Waals surface area contributed by atoms with Crippen molar-refractivity contribution in [2.45, 2.75) is 58.5 Å².